The third-order valence-electron chi connectivity index (χ3n) is 2.26. The lowest BCUT2D eigenvalue weighted by Gasteiger charge is -2.24. The van der Waals surface area contributed by atoms with Gasteiger partial charge in [0.25, 0.3) is 0 Å². The lowest BCUT2D eigenvalue weighted by Crippen LogP contribution is -2.41. The van der Waals surface area contributed by atoms with Crippen molar-refractivity contribution in [1.82, 2.24) is 5.32 Å². The zero-order valence-electron chi connectivity index (χ0n) is 10.1. The van der Waals surface area contributed by atoms with E-state index in [9.17, 15) is 8.42 Å². The molecule has 0 aliphatic rings. The summed E-state index contributed by atoms with van der Waals surface area (Å²) in [6.45, 7) is 7.40. The van der Waals surface area contributed by atoms with Gasteiger partial charge in [-0.15, -0.1) is 0 Å². The molecule has 0 aromatic rings. The number of ether oxygens (including phenoxy) is 1. The van der Waals surface area contributed by atoms with Crippen molar-refractivity contribution in [2.45, 2.75) is 39.3 Å². The van der Waals surface area contributed by atoms with Crippen molar-refractivity contribution in [3.8, 4) is 0 Å². The summed E-state index contributed by atoms with van der Waals surface area (Å²) in [7, 11) is -2.88. The van der Waals surface area contributed by atoms with Crippen LogP contribution in [-0.2, 0) is 14.6 Å². The Bertz CT molecular complexity index is 251. The van der Waals surface area contributed by atoms with Gasteiger partial charge >= 0.3 is 0 Å². The quantitative estimate of drug-likeness (QED) is 0.679. The number of likely N-dealkylation sites (N-methyl/N-ethyl adjacent to an activating group) is 1. The monoisotopic (exact) mass is 237 g/mol. The summed E-state index contributed by atoms with van der Waals surface area (Å²) in [5.74, 6) is 0.210. The number of nitrogens with one attached hydrogen (secondary N) is 1. The van der Waals surface area contributed by atoms with Gasteiger partial charge in [-0.3, -0.25) is 0 Å². The van der Waals surface area contributed by atoms with Gasteiger partial charge in [0.1, 0.15) is 9.84 Å². The van der Waals surface area contributed by atoms with Crippen LogP contribution in [0.2, 0.25) is 0 Å². The number of hydrogen-bond acceptors (Lipinski definition) is 4. The molecule has 0 aromatic carbocycles. The zero-order chi connectivity index (χ0) is 11.9. The highest BCUT2D eigenvalue weighted by Gasteiger charge is 2.18. The van der Waals surface area contributed by atoms with Crippen molar-refractivity contribution in [3.63, 3.8) is 0 Å². The fourth-order valence-corrected chi connectivity index (χ4v) is 2.17. The summed E-state index contributed by atoms with van der Waals surface area (Å²) < 4.78 is 27.6. The van der Waals surface area contributed by atoms with E-state index in [4.69, 9.17) is 4.74 Å². The van der Waals surface area contributed by atoms with E-state index in [2.05, 4.69) is 5.32 Å². The van der Waals surface area contributed by atoms with Gasteiger partial charge < -0.3 is 10.1 Å². The van der Waals surface area contributed by atoms with E-state index in [0.29, 0.717) is 13.0 Å². The Balaban J connectivity index is 4.14. The fourth-order valence-electron chi connectivity index (χ4n) is 1.49. The molecule has 0 heterocycles. The molecule has 2 unspecified atom stereocenters. The molecule has 0 bridgehead atoms. The van der Waals surface area contributed by atoms with Crippen LogP contribution in [0.5, 0.6) is 0 Å². The average Bonchev–Trinajstić information content (AvgIpc) is 2.11. The zero-order valence-corrected chi connectivity index (χ0v) is 10.9. The Hall–Kier alpha value is -0.130. The van der Waals surface area contributed by atoms with E-state index >= 15 is 0 Å². The predicted molar refractivity (Wildman–Crippen MR) is 62.9 cm³/mol. The molecule has 0 radical (unpaired) electrons. The highest BCUT2D eigenvalue weighted by molar-refractivity contribution is 7.90. The molecular weight excluding hydrogens is 214 g/mol. The minimum absolute atomic E-state index is 0.0525. The van der Waals surface area contributed by atoms with Crippen LogP contribution in [0.15, 0.2) is 0 Å². The highest BCUT2D eigenvalue weighted by atomic mass is 32.2. The minimum Gasteiger partial charge on any atom is -0.377 e. The maximum absolute atomic E-state index is 11.1. The number of hydrogen-bond donors (Lipinski definition) is 1. The number of sulfone groups is 1. The second-order valence-corrected chi connectivity index (χ2v) is 6.00. The molecule has 2 atom stereocenters. The van der Waals surface area contributed by atoms with Crippen LogP contribution in [0.25, 0.3) is 0 Å². The minimum atomic E-state index is -2.88. The molecule has 0 aliphatic carbocycles. The molecular formula is C10H23NO3S. The van der Waals surface area contributed by atoms with Crippen molar-refractivity contribution in [3.05, 3.63) is 0 Å². The van der Waals surface area contributed by atoms with Crippen molar-refractivity contribution in [2.24, 2.45) is 0 Å². The van der Waals surface area contributed by atoms with E-state index < -0.39 is 9.84 Å². The van der Waals surface area contributed by atoms with Gasteiger partial charge in [0.15, 0.2) is 0 Å². The van der Waals surface area contributed by atoms with Gasteiger partial charge in [0.2, 0.25) is 0 Å². The van der Waals surface area contributed by atoms with Crippen molar-refractivity contribution in [2.75, 3.05) is 25.2 Å². The maximum Gasteiger partial charge on any atom is 0.147 e. The molecule has 5 heteroatoms. The molecule has 4 nitrogen and oxygen atoms in total. The summed E-state index contributed by atoms with van der Waals surface area (Å²) >= 11 is 0. The Morgan fingerprint density at radius 3 is 2.33 bits per heavy atom. The van der Waals surface area contributed by atoms with E-state index in [1.165, 1.54) is 6.26 Å². The van der Waals surface area contributed by atoms with Gasteiger partial charge in [0.05, 0.1) is 11.9 Å². The standard InChI is InChI=1S/C10H23NO3S/c1-5-11-10(9(3)14-6-2)7-8-15(4,12)13/h9-11H,5-8H2,1-4H3. The smallest absolute Gasteiger partial charge is 0.147 e. The predicted octanol–water partition coefficient (Wildman–Crippen LogP) is 0.824. The maximum atomic E-state index is 11.1. The van der Waals surface area contributed by atoms with E-state index in [-0.39, 0.29) is 17.9 Å². The van der Waals surface area contributed by atoms with E-state index in [1.54, 1.807) is 0 Å². The summed E-state index contributed by atoms with van der Waals surface area (Å²) in [5.41, 5.74) is 0. The van der Waals surface area contributed by atoms with Gasteiger partial charge in [0, 0.05) is 18.9 Å². The molecule has 0 fully saturated rings. The molecule has 0 saturated carbocycles. The first-order valence-electron chi connectivity index (χ1n) is 5.43. The molecule has 15 heavy (non-hydrogen) atoms. The first-order chi connectivity index (χ1) is 6.90. The van der Waals surface area contributed by atoms with E-state index in [1.807, 2.05) is 20.8 Å². The normalized spacial score (nSPS) is 16.3. The lowest BCUT2D eigenvalue weighted by molar-refractivity contribution is 0.0472. The van der Waals surface area contributed by atoms with Gasteiger partial charge in [-0.25, -0.2) is 8.42 Å². The summed E-state index contributed by atoms with van der Waals surface area (Å²) in [6.07, 6.45) is 1.92. The molecule has 0 aromatic heterocycles. The van der Waals surface area contributed by atoms with E-state index in [0.717, 1.165) is 6.54 Å². The van der Waals surface area contributed by atoms with Crippen LogP contribution in [0.1, 0.15) is 27.2 Å². The molecule has 0 saturated heterocycles. The average molecular weight is 237 g/mol. The Labute approximate surface area is 93.3 Å². The molecule has 92 valence electrons. The van der Waals surface area contributed by atoms with Gasteiger partial charge in [-0.05, 0) is 26.8 Å². The Morgan fingerprint density at radius 2 is 1.93 bits per heavy atom. The van der Waals surface area contributed by atoms with Crippen molar-refractivity contribution < 1.29 is 13.2 Å². The highest BCUT2D eigenvalue weighted by Crippen LogP contribution is 2.05. The third kappa shape index (κ3) is 7.76. The molecule has 0 spiro atoms. The fraction of sp³-hybridized carbons (Fsp3) is 1.00. The van der Waals surface area contributed by atoms with Crippen LogP contribution >= 0.6 is 0 Å². The molecule has 1 N–H and O–H groups in total. The SMILES string of the molecule is CCNC(CCS(C)(=O)=O)C(C)OCC. The third-order valence-corrected chi connectivity index (χ3v) is 3.24. The summed E-state index contributed by atoms with van der Waals surface area (Å²) in [4.78, 5) is 0. The van der Waals surface area contributed by atoms with Crippen LogP contribution in [-0.4, -0.2) is 45.7 Å². The second kappa shape index (κ2) is 7.19. The van der Waals surface area contributed by atoms with Crippen LogP contribution in [0, 0.1) is 0 Å². The van der Waals surface area contributed by atoms with Crippen LogP contribution in [0.3, 0.4) is 0 Å². The van der Waals surface area contributed by atoms with Gasteiger partial charge in [-0.2, -0.15) is 0 Å². The largest absolute Gasteiger partial charge is 0.377 e. The molecule has 0 rings (SSSR count). The first kappa shape index (κ1) is 14.9. The van der Waals surface area contributed by atoms with Gasteiger partial charge in [-0.1, -0.05) is 6.92 Å². The number of rotatable bonds is 8. The van der Waals surface area contributed by atoms with Crippen molar-refractivity contribution in [1.29, 1.82) is 0 Å². The van der Waals surface area contributed by atoms with Crippen LogP contribution in [0.4, 0.5) is 0 Å². The lowest BCUT2D eigenvalue weighted by atomic mass is 10.1. The Kier molecular flexibility index (Phi) is 7.13. The summed E-state index contributed by atoms with van der Waals surface area (Å²) in [6, 6.07) is 0.115. The topological polar surface area (TPSA) is 55.4 Å². The second-order valence-electron chi connectivity index (χ2n) is 3.74. The first-order valence-corrected chi connectivity index (χ1v) is 7.49. The summed E-state index contributed by atoms with van der Waals surface area (Å²) in [5, 5.41) is 3.25. The molecule has 0 aliphatic heterocycles. The van der Waals surface area contributed by atoms with Crippen molar-refractivity contribution >= 4 is 9.84 Å². The Morgan fingerprint density at radius 1 is 1.33 bits per heavy atom. The molecule has 0 amide bonds. The van der Waals surface area contributed by atoms with Crippen LogP contribution < -0.4 is 5.32 Å².